The summed E-state index contributed by atoms with van der Waals surface area (Å²) in [7, 11) is 0. The van der Waals surface area contributed by atoms with Crippen LogP contribution in [-0.2, 0) is 9.53 Å². The monoisotopic (exact) mass is 402 g/mol. The van der Waals surface area contributed by atoms with E-state index in [2.05, 4.69) is 0 Å². The van der Waals surface area contributed by atoms with Gasteiger partial charge in [-0.1, -0.05) is 12.1 Å². The standard InChI is InChI=1S/C19H18N2O8/c22-8-11-28-10-7-20-16(12-4-1-2-5-13(12)21(26)27)15(18(24)19(20)25)17(23)14-6-3-9-29-14/h1-6,9,16,22,24H,7-8,10-11H2/t16-/m0/s1. The van der Waals surface area contributed by atoms with E-state index in [4.69, 9.17) is 14.3 Å². The number of ketones is 1. The fourth-order valence-corrected chi connectivity index (χ4v) is 3.19. The molecule has 3 rings (SSSR count). The minimum atomic E-state index is -1.19. The number of aliphatic hydroxyl groups is 2. The third kappa shape index (κ3) is 3.89. The number of carbonyl (C=O) groups is 2. The summed E-state index contributed by atoms with van der Waals surface area (Å²) in [5, 5.41) is 30.8. The van der Waals surface area contributed by atoms with Gasteiger partial charge in [0.25, 0.3) is 11.6 Å². The highest BCUT2D eigenvalue weighted by atomic mass is 16.6. The molecule has 1 aromatic heterocycles. The van der Waals surface area contributed by atoms with E-state index in [-0.39, 0.29) is 48.9 Å². The summed E-state index contributed by atoms with van der Waals surface area (Å²) in [6, 6.07) is 7.33. The number of ether oxygens (including phenoxy) is 1. The molecule has 0 saturated heterocycles. The zero-order valence-electron chi connectivity index (χ0n) is 15.2. The Bertz CT molecular complexity index is 951. The summed E-state index contributed by atoms with van der Waals surface area (Å²) < 4.78 is 10.3. The van der Waals surface area contributed by atoms with Crippen molar-refractivity contribution < 1.29 is 33.9 Å². The van der Waals surface area contributed by atoms with Crippen LogP contribution >= 0.6 is 0 Å². The number of nitro groups is 1. The van der Waals surface area contributed by atoms with Gasteiger partial charge in [0.15, 0.2) is 11.5 Å². The highest BCUT2D eigenvalue weighted by Crippen LogP contribution is 2.42. The Morgan fingerprint density at radius 1 is 1.24 bits per heavy atom. The molecule has 0 saturated carbocycles. The predicted molar refractivity (Wildman–Crippen MR) is 98.1 cm³/mol. The minimum Gasteiger partial charge on any atom is -0.503 e. The Morgan fingerprint density at radius 3 is 2.66 bits per heavy atom. The van der Waals surface area contributed by atoms with Crippen molar-refractivity contribution in [3.8, 4) is 0 Å². The van der Waals surface area contributed by atoms with Gasteiger partial charge in [-0.2, -0.15) is 0 Å². The molecule has 1 atom stereocenters. The van der Waals surface area contributed by atoms with Crippen LogP contribution < -0.4 is 0 Å². The summed E-state index contributed by atoms with van der Waals surface area (Å²) in [5.74, 6) is -2.50. The van der Waals surface area contributed by atoms with E-state index in [9.17, 15) is 24.8 Å². The number of para-hydroxylation sites is 1. The van der Waals surface area contributed by atoms with Crippen molar-refractivity contribution in [2.45, 2.75) is 6.04 Å². The number of hydrogen-bond donors (Lipinski definition) is 2. The lowest BCUT2D eigenvalue weighted by atomic mass is 9.94. The van der Waals surface area contributed by atoms with E-state index < -0.39 is 28.4 Å². The number of benzene rings is 1. The Morgan fingerprint density at radius 2 is 2.00 bits per heavy atom. The number of nitrogens with zero attached hydrogens (tertiary/aromatic N) is 2. The molecule has 0 aliphatic carbocycles. The number of aliphatic hydroxyl groups excluding tert-OH is 2. The van der Waals surface area contributed by atoms with Crippen molar-refractivity contribution in [3.63, 3.8) is 0 Å². The van der Waals surface area contributed by atoms with Crippen LogP contribution in [0, 0.1) is 10.1 Å². The predicted octanol–water partition coefficient (Wildman–Crippen LogP) is 1.77. The molecule has 0 spiro atoms. The first kappa shape index (κ1) is 20.2. The lowest BCUT2D eigenvalue weighted by Gasteiger charge is -2.26. The molecular formula is C19H18N2O8. The molecule has 2 heterocycles. The van der Waals surface area contributed by atoms with Gasteiger partial charge >= 0.3 is 0 Å². The average molecular weight is 402 g/mol. The number of nitro benzene ring substituents is 1. The summed E-state index contributed by atoms with van der Waals surface area (Å²) in [6.45, 7) is -0.240. The Labute approximate surface area is 164 Å². The zero-order valence-corrected chi connectivity index (χ0v) is 15.2. The molecule has 1 amide bonds. The normalized spacial score (nSPS) is 16.5. The smallest absolute Gasteiger partial charge is 0.290 e. The number of rotatable bonds is 9. The van der Waals surface area contributed by atoms with Gasteiger partial charge in [-0.25, -0.2) is 0 Å². The van der Waals surface area contributed by atoms with E-state index >= 15 is 0 Å². The van der Waals surface area contributed by atoms with Gasteiger partial charge in [0, 0.05) is 12.6 Å². The van der Waals surface area contributed by atoms with Crippen LogP contribution in [0.15, 0.2) is 58.4 Å². The molecule has 0 unspecified atom stereocenters. The first-order valence-corrected chi connectivity index (χ1v) is 8.71. The van der Waals surface area contributed by atoms with E-state index in [0.717, 1.165) is 4.90 Å². The van der Waals surface area contributed by atoms with Crippen molar-refractivity contribution in [1.82, 2.24) is 4.90 Å². The van der Waals surface area contributed by atoms with Crippen molar-refractivity contribution >= 4 is 17.4 Å². The molecule has 10 heteroatoms. The molecule has 2 N–H and O–H groups in total. The van der Waals surface area contributed by atoms with Gasteiger partial charge in [0.1, 0.15) is 0 Å². The molecule has 0 bridgehead atoms. The molecule has 0 radical (unpaired) electrons. The van der Waals surface area contributed by atoms with Crippen molar-refractivity contribution in [3.05, 3.63) is 75.4 Å². The van der Waals surface area contributed by atoms with Crippen molar-refractivity contribution in [2.75, 3.05) is 26.4 Å². The second-order valence-corrected chi connectivity index (χ2v) is 6.12. The van der Waals surface area contributed by atoms with E-state index in [0.29, 0.717) is 0 Å². The molecule has 29 heavy (non-hydrogen) atoms. The minimum absolute atomic E-state index is 0.00106. The largest absolute Gasteiger partial charge is 0.503 e. The fourth-order valence-electron chi connectivity index (χ4n) is 3.19. The van der Waals surface area contributed by atoms with Gasteiger partial charge in [0.2, 0.25) is 5.78 Å². The van der Waals surface area contributed by atoms with Crippen LogP contribution in [0.2, 0.25) is 0 Å². The molecule has 10 nitrogen and oxygen atoms in total. The lowest BCUT2D eigenvalue weighted by Crippen LogP contribution is -2.34. The van der Waals surface area contributed by atoms with Crippen LogP contribution in [0.25, 0.3) is 0 Å². The van der Waals surface area contributed by atoms with Crippen LogP contribution in [0.4, 0.5) is 5.69 Å². The molecule has 1 aromatic carbocycles. The Hall–Kier alpha value is -3.50. The number of furan rings is 1. The van der Waals surface area contributed by atoms with Gasteiger partial charge in [0.05, 0.1) is 48.2 Å². The molecular weight excluding hydrogens is 384 g/mol. The second-order valence-electron chi connectivity index (χ2n) is 6.12. The first-order chi connectivity index (χ1) is 14.0. The lowest BCUT2D eigenvalue weighted by molar-refractivity contribution is -0.385. The maximum Gasteiger partial charge on any atom is 0.290 e. The van der Waals surface area contributed by atoms with Crippen molar-refractivity contribution in [2.24, 2.45) is 0 Å². The Kier molecular flexibility index (Phi) is 6.05. The zero-order chi connectivity index (χ0) is 21.0. The summed E-state index contributed by atoms with van der Waals surface area (Å²) in [5.41, 5.74) is -0.528. The first-order valence-electron chi connectivity index (χ1n) is 8.71. The molecule has 0 fully saturated rings. The number of amides is 1. The maximum absolute atomic E-state index is 12.9. The van der Waals surface area contributed by atoms with E-state index in [1.54, 1.807) is 0 Å². The third-order valence-electron chi connectivity index (χ3n) is 4.43. The number of carbonyl (C=O) groups excluding carboxylic acids is 2. The Balaban J connectivity index is 2.07. The van der Waals surface area contributed by atoms with E-state index in [1.807, 2.05) is 0 Å². The van der Waals surface area contributed by atoms with Crippen LogP contribution in [0.5, 0.6) is 0 Å². The maximum atomic E-state index is 12.9. The summed E-state index contributed by atoms with van der Waals surface area (Å²) in [4.78, 5) is 37.6. The average Bonchev–Trinajstić information content (AvgIpc) is 3.33. The van der Waals surface area contributed by atoms with Gasteiger partial charge in [-0.3, -0.25) is 19.7 Å². The van der Waals surface area contributed by atoms with Crippen LogP contribution in [0.1, 0.15) is 22.2 Å². The summed E-state index contributed by atoms with van der Waals surface area (Å²) >= 11 is 0. The molecule has 1 aliphatic heterocycles. The van der Waals surface area contributed by atoms with Crippen LogP contribution in [0.3, 0.4) is 0 Å². The van der Waals surface area contributed by atoms with Gasteiger partial charge < -0.3 is 24.3 Å². The second kappa shape index (κ2) is 8.67. The number of hydrogen-bond acceptors (Lipinski definition) is 8. The van der Waals surface area contributed by atoms with E-state index in [1.165, 1.54) is 42.7 Å². The molecule has 1 aliphatic rings. The molecule has 2 aromatic rings. The molecule has 152 valence electrons. The summed E-state index contributed by atoms with van der Waals surface area (Å²) in [6.07, 6.45) is 1.27. The van der Waals surface area contributed by atoms with Gasteiger partial charge in [-0.15, -0.1) is 0 Å². The topological polar surface area (TPSA) is 143 Å². The van der Waals surface area contributed by atoms with Crippen molar-refractivity contribution in [1.29, 1.82) is 0 Å². The number of Topliss-reactive ketones (excluding diaryl/α,β-unsaturated/α-hetero) is 1. The highest BCUT2D eigenvalue weighted by molar-refractivity contribution is 6.15. The third-order valence-corrected chi connectivity index (χ3v) is 4.43. The quantitative estimate of drug-likeness (QED) is 0.280. The van der Waals surface area contributed by atoms with Gasteiger partial charge in [-0.05, 0) is 18.2 Å². The fraction of sp³-hybridized carbons (Fsp3) is 0.263. The van der Waals surface area contributed by atoms with Crippen LogP contribution in [-0.4, -0.2) is 58.1 Å². The SMILES string of the molecule is O=C(C1=C(O)C(=O)N(CCOCCO)[C@H]1c1ccccc1[N+](=O)[O-])c1ccco1. The highest BCUT2D eigenvalue weighted by Gasteiger charge is 2.46.